The average Bonchev–Trinajstić information content (AvgIpc) is 2.47. The molecule has 2 aromatic rings. The molecule has 1 aliphatic carbocycles. The summed E-state index contributed by atoms with van der Waals surface area (Å²) in [5, 5.41) is 3.57. The van der Waals surface area contributed by atoms with Crippen molar-refractivity contribution in [1.82, 2.24) is 0 Å². The van der Waals surface area contributed by atoms with Crippen molar-refractivity contribution in [3.8, 4) is 0 Å². The molecule has 1 heteroatoms. The van der Waals surface area contributed by atoms with Crippen LogP contribution in [0.4, 0.5) is 5.69 Å². The van der Waals surface area contributed by atoms with E-state index in [1.54, 1.807) is 0 Å². The summed E-state index contributed by atoms with van der Waals surface area (Å²) in [5.74, 6) is 0.686. The van der Waals surface area contributed by atoms with Gasteiger partial charge >= 0.3 is 0 Å². The van der Waals surface area contributed by atoms with Crippen molar-refractivity contribution in [3.05, 3.63) is 65.2 Å². The van der Waals surface area contributed by atoms with Gasteiger partial charge in [-0.2, -0.15) is 0 Å². The van der Waals surface area contributed by atoms with Crippen molar-refractivity contribution in [2.24, 2.45) is 0 Å². The van der Waals surface area contributed by atoms with E-state index in [0.29, 0.717) is 5.92 Å². The molecule has 0 fully saturated rings. The number of hydrogen-bond acceptors (Lipinski definition) is 1. The van der Waals surface area contributed by atoms with E-state index >= 15 is 0 Å². The van der Waals surface area contributed by atoms with Gasteiger partial charge in [0, 0.05) is 18.2 Å². The molecule has 1 aliphatic rings. The summed E-state index contributed by atoms with van der Waals surface area (Å²) in [4.78, 5) is 0. The normalized spacial score (nSPS) is 16.4. The van der Waals surface area contributed by atoms with Crippen LogP contribution in [0.2, 0.25) is 0 Å². The Morgan fingerprint density at radius 3 is 2.60 bits per heavy atom. The van der Waals surface area contributed by atoms with Crippen molar-refractivity contribution in [3.63, 3.8) is 0 Å². The Kier molecular flexibility index (Phi) is 4.05. The Labute approximate surface area is 122 Å². The van der Waals surface area contributed by atoms with Gasteiger partial charge in [0.15, 0.2) is 0 Å². The second-order valence-corrected chi connectivity index (χ2v) is 5.78. The molecule has 20 heavy (non-hydrogen) atoms. The van der Waals surface area contributed by atoms with Crippen LogP contribution in [-0.2, 0) is 12.8 Å². The molecule has 0 amide bonds. The SMILES string of the molecule is CCCCc1ccc(NCC2Cc3ccccc32)cc1. The van der Waals surface area contributed by atoms with Crippen LogP contribution < -0.4 is 5.32 Å². The maximum Gasteiger partial charge on any atom is 0.0340 e. The van der Waals surface area contributed by atoms with E-state index in [1.807, 2.05) is 0 Å². The monoisotopic (exact) mass is 265 g/mol. The predicted octanol–water partition coefficient (Wildman–Crippen LogP) is 4.78. The van der Waals surface area contributed by atoms with Crippen molar-refractivity contribution in [2.75, 3.05) is 11.9 Å². The lowest BCUT2D eigenvalue weighted by molar-refractivity contribution is 0.636. The van der Waals surface area contributed by atoms with Gasteiger partial charge in [-0.05, 0) is 48.1 Å². The fourth-order valence-electron chi connectivity index (χ4n) is 2.96. The third-order valence-electron chi connectivity index (χ3n) is 4.29. The van der Waals surface area contributed by atoms with Crippen LogP contribution in [0.3, 0.4) is 0 Å². The maximum atomic E-state index is 3.57. The molecule has 0 heterocycles. The molecular formula is C19H23N. The van der Waals surface area contributed by atoms with Gasteiger partial charge in [-0.1, -0.05) is 49.7 Å². The highest BCUT2D eigenvalue weighted by Crippen LogP contribution is 2.34. The molecule has 2 aromatic carbocycles. The van der Waals surface area contributed by atoms with Crippen molar-refractivity contribution < 1.29 is 0 Å². The lowest BCUT2D eigenvalue weighted by atomic mass is 9.77. The van der Waals surface area contributed by atoms with Gasteiger partial charge in [0.1, 0.15) is 0 Å². The van der Waals surface area contributed by atoms with Gasteiger partial charge in [0.25, 0.3) is 0 Å². The first-order valence-corrected chi connectivity index (χ1v) is 7.77. The minimum Gasteiger partial charge on any atom is -0.384 e. The molecule has 1 atom stereocenters. The quantitative estimate of drug-likeness (QED) is 0.792. The van der Waals surface area contributed by atoms with Crippen molar-refractivity contribution in [1.29, 1.82) is 0 Å². The van der Waals surface area contributed by atoms with Crippen LogP contribution in [0, 0.1) is 0 Å². The van der Waals surface area contributed by atoms with E-state index in [4.69, 9.17) is 0 Å². The third-order valence-corrected chi connectivity index (χ3v) is 4.29. The number of hydrogen-bond donors (Lipinski definition) is 1. The van der Waals surface area contributed by atoms with Crippen LogP contribution in [-0.4, -0.2) is 6.54 Å². The summed E-state index contributed by atoms with van der Waals surface area (Å²) in [7, 11) is 0. The highest BCUT2D eigenvalue weighted by atomic mass is 14.9. The maximum absolute atomic E-state index is 3.57. The summed E-state index contributed by atoms with van der Waals surface area (Å²) in [6, 6.07) is 17.7. The average molecular weight is 265 g/mol. The summed E-state index contributed by atoms with van der Waals surface area (Å²) >= 11 is 0. The zero-order chi connectivity index (χ0) is 13.8. The fourth-order valence-corrected chi connectivity index (χ4v) is 2.96. The van der Waals surface area contributed by atoms with Crippen molar-refractivity contribution >= 4 is 5.69 Å². The molecule has 104 valence electrons. The Morgan fingerprint density at radius 2 is 1.85 bits per heavy atom. The van der Waals surface area contributed by atoms with Crippen LogP contribution >= 0.6 is 0 Å². The number of benzene rings is 2. The molecule has 0 aliphatic heterocycles. The molecule has 0 spiro atoms. The molecule has 0 radical (unpaired) electrons. The smallest absolute Gasteiger partial charge is 0.0340 e. The van der Waals surface area contributed by atoms with Crippen LogP contribution in [0.5, 0.6) is 0 Å². The van der Waals surface area contributed by atoms with Gasteiger partial charge in [0.05, 0.1) is 0 Å². The second kappa shape index (κ2) is 6.13. The summed E-state index contributed by atoms with van der Waals surface area (Å²) in [6.45, 7) is 3.29. The molecule has 0 saturated carbocycles. The first kappa shape index (κ1) is 13.2. The van der Waals surface area contributed by atoms with E-state index in [1.165, 1.54) is 48.1 Å². The van der Waals surface area contributed by atoms with Gasteiger partial charge in [-0.15, -0.1) is 0 Å². The Balaban J connectivity index is 1.52. The van der Waals surface area contributed by atoms with E-state index in [0.717, 1.165) is 6.54 Å². The minimum atomic E-state index is 0.686. The number of aryl methyl sites for hydroxylation is 1. The van der Waals surface area contributed by atoms with E-state index < -0.39 is 0 Å². The zero-order valence-electron chi connectivity index (χ0n) is 12.2. The molecule has 1 unspecified atom stereocenters. The van der Waals surface area contributed by atoms with E-state index in [9.17, 15) is 0 Å². The first-order chi connectivity index (χ1) is 9.86. The lowest BCUT2D eigenvalue weighted by Crippen LogP contribution is -2.24. The number of rotatable bonds is 6. The molecule has 0 saturated heterocycles. The van der Waals surface area contributed by atoms with Gasteiger partial charge in [-0.25, -0.2) is 0 Å². The second-order valence-electron chi connectivity index (χ2n) is 5.78. The largest absolute Gasteiger partial charge is 0.384 e. The summed E-state index contributed by atoms with van der Waals surface area (Å²) < 4.78 is 0. The number of nitrogens with one attached hydrogen (secondary N) is 1. The topological polar surface area (TPSA) is 12.0 Å². The lowest BCUT2D eigenvalue weighted by Gasteiger charge is -2.30. The molecule has 0 aromatic heterocycles. The van der Waals surface area contributed by atoms with Gasteiger partial charge in [-0.3, -0.25) is 0 Å². The highest BCUT2D eigenvalue weighted by molar-refractivity contribution is 5.47. The Morgan fingerprint density at radius 1 is 1.05 bits per heavy atom. The van der Waals surface area contributed by atoms with Gasteiger partial charge < -0.3 is 5.32 Å². The molecule has 1 nitrogen and oxygen atoms in total. The Bertz CT molecular complexity index is 556. The molecule has 3 rings (SSSR count). The van der Waals surface area contributed by atoms with Crippen LogP contribution in [0.15, 0.2) is 48.5 Å². The minimum absolute atomic E-state index is 0.686. The highest BCUT2D eigenvalue weighted by Gasteiger charge is 2.24. The number of anilines is 1. The summed E-state index contributed by atoms with van der Waals surface area (Å²) in [6.07, 6.45) is 4.97. The summed E-state index contributed by atoms with van der Waals surface area (Å²) in [5.41, 5.74) is 5.75. The standard InChI is InChI=1S/C19H23N/c1-2-3-6-15-9-11-18(12-10-15)20-14-17-13-16-7-4-5-8-19(16)17/h4-5,7-12,17,20H,2-3,6,13-14H2,1H3. The molecule has 0 bridgehead atoms. The molecule has 1 N–H and O–H groups in total. The van der Waals surface area contributed by atoms with Crippen LogP contribution in [0.25, 0.3) is 0 Å². The number of unbranched alkanes of at least 4 members (excludes halogenated alkanes) is 1. The fraction of sp³-hybridized carbons (Fsp3) is 0.368. The van der Waals surface area contributed by atoms with Gasteiger partial charge in [0.2, 0.25) is 0 Å². The van der Waals surface area contributed by atoms with Crippen LogP contribution in [0.1, 0.15) is 42.4 Å². The first-order valence-electron chi connectivity index (χ1n) is 7.77. The molecular weight excluding hydrogens is 242 g/mol. The Hall–Kier alpha value is -1.76. The zero-order valence-corrected chi connectivity index (χ0v) is 12.2. The number of fused-ring (bicyclic) bond motifs is 1. The van der Waals surface area contributed by atoms with E-state index in [-0.39, 0.29) is 0 Å². The third kappa shape index (κ3) is 2.87. The van der Waals surface area contributed by atoms with Crippen molar-refractivity contribution in [2.45, 2.75) is 38.5 Å². The van der Waals surface area contributed by atoms with E-state index in [2.05, 4.69) is 60.8 Å². The predicted molar refractivity (Wildman–Crippen MR) is 86.4 cm³/mol.